The Labute approximate surface area is 89.9 Å². The molecule has 4 unspecified atom stereocenters. The number of methoxy groups -OCH3 is 4. The Hall–Kier alpha value is -0.620. The molecule has 88 valence electrons. The molecule has 0 aliphatic carbocycles. The molecule has 0 radical (unpaired) electrons. The average molecular weight is 218 g/mol. The predicted molar refractivity (Wildman–Crippen MR) is 53.4 cm³/mol. The summed E-state index contributed by atoms with van der Waals surface area (Å²) in [5.74, 6) is 0.490. The summed E-state index contributed by atoms with van der Waals surface area (Å²) < 4.78 is 26.4. The van der Waals surface area contributed by atoms with Crippen LogP contribution in [0.4, 0.5) is 0 Å². The Morgan fingerprint density at radius 1 is 0.933 bits per heavy atom. The number of hydrogen-bond donors (Lipinski definition) is 0. The first-order valence-corrected chi connectivity index (χ1v) is 4.66. The van der Waals surface area contributed by atoms with Crippen LogP contribution in [0.15, 0.2) is 12.3 Å². The molecule has 15 heavy (non-hydrogen) atoms. The molecule has 1 heterocycles. The van der Waals surface area contributed by atoms with Gasteiger partial charge in [-0.05, 0) is 0 Å². The highest BCUT2D eigenvalue weighted by Gasteiger charge is 2.44. The minimum absolute atomic E-state index is 0.286. The summed E-state index contributed by atoms with van der Waals surface area (Å²) >= 11 is 0. The van der Waals surface area contributed by atoms with Gasteiger partial charge >= 0.3 is 0 Å². The third-order valence-electron chi connectivity index (χ3n) is 2.51. The molecular formula is C10H18O5. The summed E-state index contributed by atoms with van der Waals surface area (Å²) in [7, 11) is 6.29. The van der Waals surface area contributed by atoms with Crippen molar-refractivity contribution in [3.63, 3.8) is 0 Å². The van der Waals surface area contributed by atoms with E-state index in [1.807, 2.05) is 0 Å². The van der Waals surface area contributed by atoms with E-state index in [1.54, 1.807) is 28.4 Å². The average Bonchev–Trinajstić information content (AvgIpc) is 2.27. The van der Waals surface area contributed by atoms with Crippen molar-refractivity contribution >= 4 is 0 Å². The van der Waals surface area contributed by atoms with Gasteiger partial charge in [0.25, 0.3) is 0 Å². The van der Waals surface area contributed by atoms with Crippen LogP contribution >= 0.6 is 0 Å². The van der Waals surface area contributed by atoms with E-state index in [0.717, 1.165) is 0 Å². The van der Waals surface area contributed by atoms with Crippen molar-refractivity contribution in [1.29, 1.82) is 0 Å². The quantitative estimate of drug-likeness (QED) is 0.689. The van der Waals surface area contributed by atoms with E-state index in [0.29, 0.717) is 5.76 Å². The molecule has 4 atom stereocenters. The maximum absolute atomic E-state index is 5.43. The molecule has 0 saturated carbocycles. The highest BCUT2D eigenvalue weighted by Crippen LogP contribution is 2.28. The molecule has 0 N–H and O–H groups in total. The highest BCUT2D eigenvalue weighted by molar-refractivity contribution is 5.05. The molecule has 1 fully saturated rings. The van der Waals surface area contributed by atoms with Crippen LogP contribution in [0.3, 0.4) is 0 Å². The van der Waals surface area contributed by atoms with Crippen molar-refractivity contribution in [2.24, 2.45) is 0 Å². The Balaban J connectivity index is 2.85. The molecule has 1 saturated heterocycles. The molecule has 5 nitrogen and oxygen atoms in total. The summed E-state index contributed by atoms with van der Waals surface area (Å²) in [4.78, 5) is 0. The first-order chi connectivity index (χ1) is 7.19. The van der Waals surface area contributed by atoms with Crippen LogP contribution < -0.4 is 0 Å². The van der Waals surface area contributed by atoms with Crippen LogP contribution in [0.5, 0.6) is 0 Å². The monoisotopic (exact) mass is 218 g/mol. The molecule has 1 aliphatic rings. The second kappa shape index (κ2) is 5.46. The zero-order chi connectivity index (χ0) is 11.4. The first-order valence-electron chi connectivity index (χ1n) is 4.66. The Bertz CT molecular complexity index is 218. The van der Waals surface area contributed by atoms with Crippen molar-refractivity contribution in [3.8, 4) is 0 Å². The lowest BCUT2D eigenvalue weighted by Gasteiger charge is -2.40. The van der Waals surface area contributed by atoms with Crippen molar-refractivity contribution in [1.82, 2.24) is 0 Å². The molecule has 1 aliphatic heterocycles. The molecule has 1 rings (SSSR count). The summed E-state index contributed by atoms with van der Waals surface area (Å²) in [6, 6.07) is 0. The zero-order valence-electron chi connectivity index (χ0n) is 9.56. The molecule has 0 bridgehead atoms. The fourth-order valence-corrected chi connectivity index (χ4v) is 1.74. The Kier molecular flexibility index (Phi) is 4.53. The predicted octanol–water partition coefficient (Wildman–Crippen LogP) is 0.548. The van der Waals surface area contributed by atoms with Crippen LogP contribution in [0.1, 0.15) is 0 Å². The Morgan fingerprint density at radius 3 is 1.93 bits per heavy atom. The number of ether oxygens (including phenoxy) is 5. The lowest BCUT2D eigenvalue weighted by molar-refractivity contribution is -0.251. The number of hydrogen-bond acceptors (Lipinski definition) is 5. The lowest BCUT2D eigenvalue weighted by atomic mass is 10.0. The topological polar surface area (TPSA) is 46.2 Å². The maximum atomic E-state index is 5.43. The van der Waals surface area contributed by atoms with Gasteiger partial charge in [-0.3, -0.25) is 0 Å². The summed E-state index contributed by atoms with van der Waals surface area (Å²) in [5, 5.41) is 0. The van der Waals surface area contributed by atoms with Gasteiger partial charge in [0, 0.05) is 28.4 Å². The summed E-state index contributed by atoms with van der Waals surface area (Å²) in [5.41, 5.74) is 0. The summed E-state index contributed by atoms with van der Waals surface area (Å²) in [6.07, 6.45) is -1.48. The molecular weight excluding hydrogens is 200 g/mol. The third kappa shape index (κ3) is 2.31. The van der Waals surface area contributed by atoms with Gasteiger partial charge in [-0.1, -0.05) is 6.58 Å². The normalized spacial score (nSPS) is 36.4. The molecule has 0 aromatic rings. The van der Waals surface area contributed by atoms with E-state index in [1.165, 1.54) is 0 Å². The van der Waals surface area contributed by atoms with E-state index in [4.69, 9.17) is 23.7 Å². The van der Waals surface area contributed by atoms with E-state index >= 15 is 0 Å². The molecule has 0 aromatic carbocycles. The highest BCUT2D eigenvalue weighted by atomic mass is 16.7. The van der Waals surface area contributed by atoms with Crippen LogP contribution in [0, 0.1) is 0 Å². The van der Waals surface area contributed by atoms with Crippen LogP contribution in [-0.2, 0) is 23.7 Å². The van der Waals surface area contributed by atoms with Gasteiger partial charge in [0.05, 0.1) is 0 Å². The molecule has 5 heteroatoms. The minimum atomic E-state index is -0.515. The fourth-order valence-electron chi connectivity index (χ4n) is 1.74. The maximum Gasteiger partial charge on any atom is 0.228 e. The van der Waals surface area contributed by atoms with Crippen LogP contribution in [0.25, 0.3) is 0 Å². The smallest absolute Gasteiger partial charge is 0.228 e. The van der Waals surface area contributed by atoms with Gasteiger partial charge in [-0.2, -0.15) is 0 Å². The van der Waals surface area contributed by atoms with Crippen LogP contribution in [-0.4, -0.2) is 53.0 Å². The lowest BCUT2D eigenvalue weighted by Crippen LogP contribution is -2.54. The fraction of sp³-hybridized carbons (Fsp3) is 0.800. The second-order valence-electron chi connectivity index (χ2n) is 3.25. The van der Waals surface area contributed by atoms with Crippen molar-refractivity contribution < 1.29 is 23.7 Å². The second-order valence-corrected chi connectivity index (χ2v) is 3.25. The van der Waals surface area contributed by atoms with Gasteiger partial charge in [-0.15, -0.1) is 0 Å². The standard InChI is InChI=1S/C10H18O5/c1-6-7(11-2)8(12-3)9(13-4)10(14-5)15-6/h7-10H,1H2,2-5H3. The van der Waals surface area contributed by atoms with Gasteiger partial charge < -0.3 is 23.7 Å². The molecule has 0 spiro atoms. The summed E-state index contributed by atoms with van der Waals surface area (Å²) in [6.45, 7) is 3.77. The third-order valence-corrected chi connectivity index (χ3v) is 2.51. The van der Waals surface area contributed by atoms with Gasteiger partial charge in [0.1, 0.15) is 24.1 Å². The molecule has 0 amide bonds. The molecule has 0 aromatic heterocycles. The van der Waals surface area contributed by atoms with Crippen LogP contribution in [0.2, 0.25) is 0 Å². The first kappa shape index (κ1) is 12.4. The minimum Gasteiger partial charge on any atom is -0.464 e. The van der Waals surface area contributed by atoms with Crippen molar-refractivity contribution in [2.45, 2.75) is 24.6 Å². The zero-order valence-corrected chi connectivity index (χ0v) is 9.56. The van der Waals surface area contributed by atoms with Gasteiger partial charge in [0.15, 0.2) is 0 Å². The largest absolute Gasteiger partial charge is 0.464 e. The number of rotatable bonds is 4. The van der Waals surface area contributed by atoms with Crippen molar-refractivity contribution in [3.05, 3.63) is 12.3 Å². The van der Waals surface area contributed by atoms with Gasteiger partial charge in [-0.25, -0.2) is 0 Å². The van der Waals surface area contributed by atoms with Gasteiger partial charge in [0.2, 0.25) is 6.29 Å². The van der Waals surface area contributed by atoms with Crippen molar-refractivity contribution in [2.75, 3.05) is 28.4 Å². The van der Waals surface area contributed by atoms with E-state index in [2.05, 4.69) is 6.58 Å². The van der Waals surface area contributed by atoms with E-state index in [-0.39, 0.29) is 18.3 Å². The van der Waals surface area contributed by atoms with E-state index in [9.17, 15) is 0 Å². The Morgan fingerprint density at radius 2 is 1.53 bits per heavy atom. The SMILES string of the molecule is C=C1OC(OC)C(OC)C(OC)C1OC. The van der Waals surface area contributed by atoms with E-state index < -0.39 is 6.29 Å².